The van der Waals surface area contributed by atoms with Crippen molar-refractivity contribution >= 4 is 11.8 Å². The summed E-state index contributed by atoms with van der Waals surface area (Å²) in [6, 6.07) is 7.34. The van der Waals surface area contributed by atoms with Gasteiger partial charge in [0.2, 0.25) is 0 Å². The fraction of sp³-hybridized carbons (Fsp3) is 0.273. The Hall–Kier alpha value is -1.89. The molecule has 0 aliphatic heterocycles. The third-order valence-corrected chi connectivity index (χ3v) is 1.84. The van der Waals surface area contributed by atoms with E-state index >= 15 is 0 Å². The lowest BCUT2D eigenvalue weighted by Gasteiger charge is -1.97. The average molecular weight is 263 g/mol. The normalized spacial score (nSPS) is 10.3. The minimum absolute atomic E-state index is 0.0913. The van der Waals surface area contributed by atoms with Crippen molar-refractivity contribution in [1.82, 2.24) is 0 Å². The summed E-state index contributed by atoms with van der Waals surface area (Å²) in [5, 5.41) is 7.12. The number of rotatable bonds is 2. The number of alkyl halides is 3. The summed E-state index contributed by atoms with van der Waals surface area (Å²) in [5.41, 5.74) is 7.18. The van der Waals surface area contributed by atoms with Crippen LogP contribution in [0.2, 0.25) is 0 Å². The lowest BCUT2D eigenvalue weighted by Crippen LogP contribution is -2.21. The second kappa shape index (κ2) is 6.75. The molecule has 1 rings (SSSR count). The first-order chi connectivity index (χ1) is 8.18. The number of ketones is 1. The van der Waals surface area contributed by atoms with Gasteiger partial charge in [-0.05, 0) is 12.5 Å². The largest absolute Gasteiger partial charge is 0.490 e. The van der Waals surface area contributed by atoms with Crippen molar-refractivity contribution in [3.63, 3.8) is 0 Å². The summed E-state index contributed by atoms with van der Waals surface area (Å²) < 4.78 is 31.7. The monoisotopic (exact) mass is 263 g/mol. The Kier molecular flexibility index (Phi) is 6.04. The average Bonchev–Trinajstić information content (AvgIpc) is 2.28. The Morgan fingerprint density at radius 2 is 1.61 bits per heavy atom. The van der Waals surface area contributed by atoms with Crippen LogP contribution >= 0.6 is 0 Å². The maximum atomic E-state index is 10.8. The van der Waals surface area contributed by atoms with Crippen molar-refractivity contribution in [3.8, 4) is 0 Å². The van der Waals surface area contributed by atoms with E-state index in [1.807, 2.05) is 12.1 Å². The van der Waals surface area contributed by atoms with Gasteiger partial charge < -0.3 is 10.8 Å². The van der Waals surface area contributed by atoms with Crippen LogP contribution in [0.4, 0.5) is 13.2 Å². The number of carboxylic acid groups (broad SMARTS) is 1. The SMILES string of the molecule is CC(=O)c1ccc(CN)cc1.O=C(O)C(F)(F)F. The second-order valence-electron chi connectivity index (χ2n) is 3.26. The van der Waals surface area contributed by atoms with Crippen LogP contribution in [0, 0.1) is 0 Å². The lowest BCUT2D eigenvalue weighted by molar-refractivity contribution is -0.192. The van der Waals surface area contributed by atoms with Gasteiger partial charge in [-0.15, -0.1) is 0 Å². The Morgan fingerprint density at radius 3 is 1.83 bits per heavy atom. The molecule has 1 aromatic rings. The molecule has 0 radical (unpaired) electrons. The highest BCUT2D eigenvalue weighted by Gasteiger charge is 2.38. The predicted molar refractivity (Wildman–Crippen MR) is 58.0 cm³/mol. The Bertz CT molecular complexity index is 413. The topological polar surface area (TPSA) is 80.4 Å². The minimum atomic E-state index is -5.08. The summed E-state index contributed by atoms with van der Waals surface area (Å²) in [6.45, 7) is 2.08. The summed E-state index contributed by atoms with van der Waals surface area (Å²) in [7, 11) is 0. The van der Waals surface area contributed by atoms with Crippen LogP contribution in [0.15, 0.2) is 24.3 Å². The van der Waals surface area contributed by atoms with Crippen LogP contribution in [0.3, 0.4) is 0 Å². The van der Waals surface area contributed by atoms with E-state index in [2.05, 4.69) is 0 Å². The molecule has 0 aliphatic rings. The molecule has 7 heteroatoms. The number of halogens is 3. The highest BCUT2D eigenvalue weighted by molar-refractivity contribution is 5.93. The molecule has 0 unspecified atom stereocenters. The number of hydrogen-bond acceptors (Lipinski definition) is 3. The first kappa shape index (κ1) is 16.1. The zero-order valence-corrected chi connectivity index (χ0v) is 9.49. The van der Waals surface area contributed by atoms with Gasteiger partial charge in [0.15, 0.2) is 5.78 Å². The highest BCUT2D eigenvalue weighted by Crippen LogP contribution is 2.13. The van der Waals surface area contributed by atoms with Gasteiger partial charge in [0.1, 0.15) is 0 Å². The molecule has 4 nitrogen and oxygen atoms in total. The summed E-state index contributed by atoms with van der Waals surface area (Å²) in [4.78, 5) is 19.7. The van der Waals surface area contributed by atoms with E-state index in [1.165, 1.54) is 0 Å². The number of carbonyl (C=O) groups is 2. The number of Topliss-reactive ketones (excluding diaryl/α,β-unsaturated/α-hetero) is 1. The van der Waals surface area contributed by atoms with Crippen LogP contribution < -0.4 is 5.73 Å². The molecule has 3 N–H and O–H groups in total. The molecule has 0 fully saturated rings. The van der Waals surface area contributed by atoms with Crippen LogP contribution in [0.25, 0.3) is 0 Å². The van der Waals surface area contributed by atoms with E-state index in [0.29, 0.717) is 6.54 Å². The maximum absolute atomic E-state index is 10.8. The third-order valence-electron chi connectivity index (χ3n) is 1.84. The van der Waals surface area contributed by atoms with E-state index in [4.69, 9.17) is 15.6 Å². The van der Waals surface area contributed by atoms with Crippen molar-refractivity contribution in [1.29, 1.82) is 0 Å². The fourth-order valence-electron chi connectivity index (χ4n) is 0.876. The van der Waals surface area contributed by atoms with Gasteiger partial charge in [-0.2, -0.15) is 13.2 Å². The van der Waals surface area contributed by atoms with Crippen molar-refractivity contribution in [2.45, 2.75) is 19.6 Å². The zero-order valence-electron chi connectivity index (χ0n) is 9.49. The number of hydrogen-bond donors (Lipinski definition) is 2. The first-order valence-electron chi connectivity index (χ1n) is 4.78. The van der Waals surface area contributed by atoms with Gasteiger partial charge in [0.25, 0.3) is 0 Å². The minimum Gasteiger partial charge on any atom is -0.475 e. The Labute approximate surface area is 101 Å². The molecule has 0 saturated heterocycles. The smallest absolute Gasteiger partial charge is 0.475 e. The van der Waals surface area contributed by atoms with E-state index < -0.39 is 12.1 Å². The highest BCUT2D eigenvalue weighted by atomic mass is 19.4. The second-order valence-corrected chi connectivity index (χ2v) is 3.26. The molecule has 0 spiro atoms. The number of carboxylic acids is 1. The number of benzene rings is 1. The summed E-state index contributed by atoms with van der Waals surface area (Å²) >= 11 is 0. The predicted octanol–water partition coefficient (Wildman–Crippen LogP) is 1.98. The summed E-state index contributed by atoms with van der Waals surface area (Å²) in [5.74, 6) is -2.67. The fourth-order valence-corrected chi connectivity index (χ4v) is 0.876. The molecule has 0 atom stereocenters. The molecule has 1 aromatic carbocycles. The van der Waals surface area contributed by atoms with Crippen LogP contribution in [-0.4, -0.2) is 23.0 Å². The molecule has 0 aliphatic carbocycles. The van der Waals surface area contributed by atoms with Gasteiger partial charge in [0, 0.05) is 12.1 Å². The molecule has 0 heterocycles. The van der Waals surface area contributed by atoms with E-state index in [0.717, 1.165) is 11.1 Å². The van der Waals surface area contributed by atoms with Crippen LogP contribution in [0.1, 0.15) is 22.8 Å². The van der Waals surface area contributed by atoms with Gasteiger partial charge in [0.05, 0.1) is 0 Å². The Morgan fingerprint density at radius 1 is 1.22 bits per heavy atom. The molecule has 100 valence electrons. The lowest BCUT2D eigenvalue weighted by atomic mass is 10.1. The molecular formula is C11H12F3NO3. The molecule has 0 aromatic heterocycles. The van der Waals surface area contributed by atoms with Crippen molar-refractivity contribution in [3.05, 3.63) is 35.4 Å². The van der Waals surface area contributed by atoms with Gasteiger partial charge in [-0.25, -0.2) is 4.79 Å². The molecule has 18 heavy (non-hydrogen) atoms. The number of nitrogens with two attached hydrogens (primary N) is 1. The van der Waals surface area contributed by atoms with E-state index in [1.54, 1.807) is 19.1 Å². The quantitative estimate of drug-likeness (QED) is 0.799. The zero-order chi connectivity index (χ0) is 14.3. The molecule has 0 bridgehead atoms. The molecule has 0 saturated carbocycles. The van der Waals surface area contributed by atoms with Gasteiger partial charge >= 0.3 is 12.1 Å². The standard InChI is InChI=1S/C9H11NO.C2HF3O2/c1-7(11)9-4-2-8(6-10)3-5-9;3-2(4,5)1(6)7/h2-5H,6,10H2,1H3;(H,6,7). The van der Waals surface area contributed by atoms with Gasteiger partial charge in [-0.3, -0.25) is 4.79 Å². The van der Waals surface area contributed by atoms with Gasteiger partial charge in [-0.1, -0.05) is 24.3 Å². The van der Waals surface area contributed by atoms with Crippen molar-refractivity contribution in [2.75, 3.05) is 0 Å². The Balaban J connectivity index is 0.000000360. The number of carbonyl (C=O) groups excluding carboxylic acids is 1. The van der Waals surface area contributed by atoms with Crippen LogP contribution in [-0.2, 0) is 11.3 Å². The van der Waals surface area contributed by atoms with E-state index in [-0.39, 0.29) is 5.78 Å². The van der Waals surface area contributed by atoms with Crippen molar-refractivity contribution in [2.24, 2.45) is 5.73 Å². The maximum Gasteiger partial charge on any atom is 0.490 e. The van der Waals surface area contributed by atoms with Crippen molar-refractivity contribution < 1.29 is 27.9 Å². The third kappa shape index (κ3) is 6.00. The van der Waals surface area contributed by atoms with Crippen LogP contribution in [0.5, 0.6) is 0 Å². The molecule has 0 amide bonds. The number of aliphatic carboxylic acids is 1. The van der Waals surface area contributed by atoms with E-state index in [9.17, 15) is 18.0 Å². The molecular weight excluding hydrogens is 251 g/mol. The first-order valence-corrected chi connectivity index (χ1v) is 4.78. The summed E-state index contributed by atoms with van der Waals surface area (Å²) in [6.07, 6.45) is -5.08.